The van der Waals surface area contributed by atoms with Gasteiger partial charge in [-0.15, -0.1) is 6.58 Å². The molecule has 0 bridgehead atoms. The van der Waals surface area contributed by atoms with Crippen LogP contribution in [-0.4, -0.2) is 26.5 Å². The minimum Gasteiger partial charge on any atom is -0.364 e. The number of carbonyl (C=O) groups excluding carboxylic acids is 1. The molecule has 162 valence electrons. The van der Waals surface area contributed by atoms with Gasteiger partial charge in [0.05, 0.1) is 16.9 Å². The molecule has 0 radical (unpaired) electrons. The fourth-order valence-electron chi connectivity index (χ4n) is 6.27. The molecule has 0 aliphatic carbocycles. The van der Waals surface area contributed by atoms with Crippen LogP contribution in [0.2, 0.25) is 0 Å². The first-order valence-electron chi connectivity index (χ1n) is 11.1. The van der Waals surface area contributed by atoms with E-state index in [2.05, 4.69) is 43.9 Å². The minimum atomic E-state index is -0.612. The third-order valence-electron chi connectivity index (χ3n) is 8.09. The molecule has 1 fully saturated rings. The van der Waals surface area contributed by atoms with Crippen molar-refractivity contribution in [1.29, 1.82) is 0 Å². The van der Waals surface area contributed by atoms with Crippen molar-refractivity contribution in [2.45, 2.75) is 50.9 Å². The average Bonchev–Trinajstić information content (AvgIpc) is 3.31. The third-order valence-corrected chi connectivity index (χ3v) is 8.09. The van der Waals surface area contributed by atoms with Gasteiger partial charge in [-0.1, -0.05) is 50.3 Å². The Hall–Kier alpha value is -3.41. The summed E-state index contributed by atoms with van der Waals surface area (Å²) in [6, 6.07) is 14.8. The maximum absolute atomic E-state index is 13.8. The van der Waals surface area contributed by atoms with Crippen molar-refractivity contribution >= 4 is 22.5 Å². The predicted octanol–water partition coefficient (Wildman–Crippen LogP) is 4.15. The number of hydrogen-bond donors (Lipinski definition) is 1. The lowest BCUT2D eigenvalue weighted by Gasteiger charge is -2.44. The summed E-state index contributed by atoms with van der Waals surface area (Å²) in [5.41, 5.74) is 2.09. The molecule has 6 heteroatoms. The molecule has 1 N–H and O–H groups in total. The summed E-state index contributed by atoms with van der Waals surface area (Å²) in [4.78, 5) is 34.1. The van der Waals surface area contributed by atoms with Crippen LogP contribution in [-0.2, 0) is 10.2 Å². The van der Waals surface area contributed by atoms with Crippen molar-refractivity contribution < 1.29 is 4.79 Å². The summed E-state index contributed by atoms with van der Waals surface area (Å²) in [5.74, 6) is 0.627. The monoisotopic (exact) mass is 426 g/mol. The van der Waals surface area contributed by atoms with Gasteiger partial charge in [0.2, 0.25) is 5.91 Å². The lowest BCUT2D eigenvalue weighted by Crippen LogP contribution is -2.55. The molecule has 0 spiro atoms. The maximum atomic E-state index is 13.8. The first kappa shape index (κ1) is 19.3. The van der Waals surface area contributed by atoms with Crippen LogP contribution >= 0.6 is 0 Å². The highest BCUT2D eigenvalue weighted by molar-refractivity contribution is 5.86. The molecule has 1 saturated heterocycles. The molecular formula is C26H26N4O2. The maximum Gasteiger partial charge on any atom is 0.262 e. The van der Waals surface area contributed by atoms with E-state index in [4.69, 9.17) is 4.98 Å². The molecule has 3 aliphatic heterocycles. The Labute approximate surface area is 186 Å². The molecule has 32 heavy (non-hydrogen) atoms. The summed E-state index contributed by atoms with van der Waals surface area (Å²) in [7, 11) is 0. The molecule has 6 rings (SSSR count). The highest BCUT2D eigenvalue weighted by Gasteiger charge is 2.66. The smallest absolute Gasteiger partial charge is 0.262 e. The zero-order valence-corrected chi connectivity index (χ0v) is 18.5. The van der Waals surface area contributed by atoms with Crippen LogP contribution in [0, 0.1) is 5.41 Å². The van der Waals surface area contributed by atoms with Crippen molar-refractivity contribution in [3.63, 3.8) is 0 Å². The van der Waals surface area contributed by atoms with E-state index in [1.54, 1.807) is 17.6 Å². The largest absolute Gasteiger partial charge is 0.364 e. The minimum absolute atomic E-state index is 0.0475. The van der Waals surface area contributed by atoms with Gasteiger partial charge < -0.3 is 10.2 Å². The fourth-order valence-corrected chi connectivity index (χ4v) is 6.27. The van der Waals surface area contributed by atoms with Gasteiger partial charge in [0.25, 0.3) is 5.56 Å². The average molecular weight is 427 g/mol. The lowest BCUT2D eigenvalue weighted by atomic mass is 9.60. The Morgan fingerprint density at radius 1 is 1.16 bits per heavy atom. The van der Waals surface area contributed by atoms with Crippen LogP contribution in [0.1, 0.15) is 50.7 Å². The van der Waals surface area contributed by atoms with Gasteiger partial charge in [0.1, 0.15) is 18.0 Å². The van der Waals surface area contributed by atoms with Crippen LogP contribution < -0.4 is 10.9 Å². The number of para-hydroxylation sites is 2. The van der Waals surface area contributed by atoms with Crippen molar-refractivity contribution in [3.8, 4) is 0 Å². The SMILES string of the molecule is C=CC(C)(C)C12CC3c4nc5ccccc5c(=O)n4C(C)C(=O)N3C1Nc1ccccc12. The summed E-state index contributed by atoms with van der Waals surface area (Å²) < 4.78 is 1.62. The van der Waals surface area contributed by atoms with Crippen LogP contribution in [0.15, 0.2) is 66.0 Å². The molecule has 3 aromatic rings. The van der Waals surface area contributed by atoms with Gasteiger partial charge in [-0.25, -0.2) is 4.98 Å². The Morgan fingerprint density at radius 3 is 2.66 bits per heavy atom. The van der Waals surface area contributed by atoms with Crippen molar-refractivity contribution in [3.05, 3.63) is 82.9 Å². The zero-order valence-electron chi connectivity index (χ0n) is 18.5. The number of nitrogens with zero attached hydrogens (tertiary/aromatic N) is 3. The summed E-state index contributed by atoms with van der Waals surface area (Å²) >= 11 is 0. The molecular weight excluding hydrogens is 400 g/mol. The fraction of sp³-hybridized carbons (Fsp3) is 0.346. The molecule has 3 aliphatic rings. The standard InChI is InChI=1S/C26H26N4O2/c1-5-25(3,4)26-14-20-21-27-18-12-8-6-10-16(18)23(32)29(21)15(2)22(31)30(20)24(26)28-19-13-9-7-11-17(19)26/h5-13,15,20,24,28H,1,14H2,2-4H3. The van der Waals surface area contributed by atoms with E-state index in [9.17, 15) is 9.59 Å². The lowest BCUT2D eigenvalue weighted by molar-refractivity contribution is -0.140. The second kappa shape index (κ2) is 6.09. The molecule has 4 heterocycles. The van der Waals surface area contributed by atoms with Crippen molar-refractivity contribution in [2.24, 2.45) is 5.41 Å². The number of aromatic nitrogens is 2. The Morgan fingerprint density at radius 2 is 1.88 bits per heavy atom. The Bertz CT molecular complexity index is 1370. The molecule has 1 aromatic heterocycles. The number of fused-ring (bicyclic) bond motifs is 8. The van der Waals surface area contributed by atoms with Gasteiger partial charge in [0, 0.05) is 11.1 Å². The topological polar surface area (TPSA) is 67.2 Å². The second-order valence-corrected chi connectivity index (χ2v) is 9.79. The molecule has 0 saturated carbocycles. The van der Waals surface area contributed by atoms with Crippen LogP contribution in [0.25, 0.3) is 10.9 Å². The molecule has 6 nitrogen and oxygen atoms in total. The van der Waals surface area contributed by atoms with Gasteiger partial charge in [-0.05, 0) is 42.5 Å². The van der Waals surface area contributed by atoms with Gasteiger partial charge in [-0.3, -0.25) is 14.2 Å². The third kappa shape index (κ3) is 2.08. The van der Waals surface area contributed by atoms with Crippen LogP contribution in [0.4, 0.5) is 5.69 Å². The molecule has 4 atom stereocenters. The predicted molar refractivity (Wildman–Crippen MR) is 124 cm³/mol. The number of amides is 1. The summed E-state index contributed by atoms with van der Waals surface area (Å²) in [6.07, 6.45) is 2.44. The first-order chi connectivity index (χ1) is 15.3. The molecule has 2 aromatic carbocycles. The number of allylic oxidation sites excluding steroid dienone is 1. The van der Waals surface area contributed by atoms with Crippen LogP contribution in [0.3, 0.4) is 0 Å². The van der Waals surface area contributed by atoms with E-state index in [1.165, 1.54) is 5.56 Å². The van der Waals surface area contributed by atoms with Crippen LogP contribution in [0.5, 0.6) is 0 Å². The highest BCUT2D eigenvalue weighted by Crippen LogP contribution is 2.63. The Kier molecular flexibility index (Phi) is 3.67. The number of carbonyl (C=O) groups is 1. The van der Waals surface area contributed by atoms with E-state index in [1.807, 2.05) is 35.2 Å². The Balaban J connectivity index is 1.64. The number of nitrogens with one attached hydrogen (secondary N) is 1. The van der Waals surface area contributed by atoms with E-state index >= 15 is 0 Å². The molecule has 4 unspecified atom stereocenters. The van der Waals surface area contributed by atoms with E-state index in [-0.39, 0.29) is 34.5 Å². The highest BCUT2D eigenvalue weighted by atomic mass is 16.2. The van der Waals surface area contributed by atoms with Gasteiger partial charge in [-0.2, -0.15) is 0 Å². The summed E-state index contributed by atoms with van der Waals surface area (Å²) in [5, 5.41) is 4.20. The van der Waals surface area contributed by atoms with Crippen molar-refractivity contribution in [2.75, 3.05) is 5.32 Å². The van der Waals surface area contributed by atoms with Gasteiger partial charge >= 0.3 is 0 Å². The first-order valence-corrected chi connectivity index (χ1v) is 11.1. The number of rotatable bonds is 2. The zero-order chi connectivity index (χ0) is 22.4. The van der Waals surface area contributed by atoms with Gasteiger partial charge in [0.15, 0.2) is 0 Å². The summed E-state index contributed by atoms with van der Waals surface area (Å²) in [6.45, 7) is 10.3. The number of hydrogen-bond acceptors (Lipinski definition) is 4. The number of benzene rings is 2. The van der Waals surface area contributed by atoms with E-state index in [0.29, 0.717) is 23.1 Å². The van der Waals surface area contributed by atoms with E-state index in [0.717, 1.165) is 5.69 Å². The number of anilines is 1. The molecule has 1 amide bonds. The second-order valence-electron chi connectivity index (χ2n) is 9.79. The van der Waals surface area contributed by atoms with E-state index < -0.39 is 6.04 Å². The quantitative estimate of drug-likeness (QED) is 0.626. The normalized spacial score (nSPS) is 28.0. The van der Waals surface area contributed by atoms with Crippen molar-refractivity contribution in [1.82, 2.24) is 14.5 Å².